The number of halogens is 4. The van der Waals surface area contributed by atoms with E-state index in [0.29, 0.717) is 17.8 Å². The minimum absolute atomic E-state index is 0.127. The quantitative estimate of drug-likeness (QED) is 0.772. The minimum atomic E-state index is -4.24. The first-order valence-electron chi connectivity index (χ1n) is 5.56. The fraction of sp³-hybridized carbons (Fsp3) is 0.636. The van der Waals surface area contributed by atoms with Crippen LogP contribution in [0.1, 0.15) is 31.2 Å². The molecule has 0 bridgehead atoms. The Balaban J connectivity index is 2.74. The number of hydrogen-bond acceptors (Lipinski definition) is 3. The van der Waals surface area contributed by atoms with Gasteiger partial charge in [0.15, 0.2) is 0 Å². The van der Waals surface area contributed by atoms with Crippen LogP contribution in [0.5, 0.6) is 5.88 Å². The summed E-state index contributed by atoms with van der Waals surface area (Å²) >= 11 is 5.87. The molecule has 0 spiro atoms. The Morgan fingerprint density at radius 1 is 1.28 bits per heavy atom. The Hall–Kier alpha value is -1.04. The average molecular weight is 283 g/mol. The molecule has 0 saturated heterocycles. The first-order chi connectivity index (χ1) is 8.33. The average Bonchev–Trinajstić information content (AvgIpc) is 2.23. The van der Waals surface area contributed by atoms with Crippen molar-refractivity contribution in [1.82, 2.24) is 9.97 Å². The van der Waals surface area contributed by atoms with E-state index in [2.05, 4.69) is 9.97 Å². The van der Waals surface area contributed by atoms with Gasteiger partial charge in [-0.25, -0.2) is 4.98 Å². The van der Waals surface area contributed by atoms with Crippen LogP contribution in [0.3, 0.4) is 0 Å². The second kappa shape index (κ2) is 6.22. The van der Waals surface area contributed by atoms with Gasteiger partial charge in [-0.2, -0.15) is 18.2 Å². The smallest absolute Gasteiger partial charge is 0.392 e. The molecule has 1 aromatic rings. The third kappa shape index (κ3) is 4.68. The Morgan fingerprint density at radius 2 is 1.94 bits per heavy atom. The van der Waals surface area contributed by atoms with Gasteiger partial charge in [-0.3, -0.25) is 0 Å². The van der Waals surface area contributed by atoms with Crippen LogP contribution in [-0.4, -0.2) is 22.8 Å². The second-order valence-corrected chi connectivity index (χ2v) is 4.18. The molecule has 0 fully saturated rings. The molecule has 3 nitrogen and oxygen atoms in total. The molecule has 0 unspecified atom stereocenters. The molecule has 0 N–H and O–H groups in total. The van der Waals surface area contributed by atoms with Gasteiger partial charge in [-0.05, 0) is 13.3 Å². The van der Waals surface area contributed by atoms with Gasteiger partial charge in [0.1, 0.15) is 11.0 Å². The number of rotatable bonds is 5. The Bertz CT molecular complexity index is 410. The van der Waals surface area contributed by atoms with Crippen molar-refractivity contribution < 1.29 is 17.9 Å². The molecular formula is C11H14ClF3N2O. The molecule has 0 aliphatic carbocycles. The van der Waals surface area contributed by atoms with E-state index in [4.69, 9.17) is 16.3 Å². The number of aryl methyl sites for hydroxylation is 1. The first-order valence-corrected chi connectivity index (χ1v) is 5.94. The molecule has 18 heavy (non-hydrogen) atoms. The zero-order chi connectivity index (χ0) is 13.8. The van der Waals surface area contributed by atoms with Crippen LogP contribution in [0.15, 0.2) is 0 Å². The molecule has 0 atom stereocenters. The van der Waals surface area contributed by atoms with Crippen LogP contribution < -0.4 is 4.74 Å². The van der Waals surface area contributed by atoms with Crippen molar-refractivity contribution in [2.24, 2.45) is 0 Å². The topological polar surface area (TPSA) is 35.0 Å². The number of alkyl halides is 3. The maximum atomic E-state index is 12.0. The van der Waals surface area contributed by atoms with Gasteiger partial charge >= 0.3 is 6.18 Å². The fourth-order valence-corrected chi connectivity index (χ4v) is 1.43. The monoisotopic (exact) mass is 282 g/mol. The van der Waals surface area contributed by atoms with Gasteiger partial charge < -0.3 is 4.74 Å². The zero-order valence-corrected chi connectivity index (χ0v) is 10.9. The van der Waals surface area contributed by atoms with Gasteiger partial charge in [0.05, 0.1) is 13.0 Å². The number of aromatic nitrogens is 2. The summed E-state index contributed by atoms with van der Waals surface area (Å²) in [4.78, 5) is 8.09. The molecule has 0 saturated carbocycles. The molecule has 0 aliphatic rings. The van der Waals surface area contributed by atoms with Crippen molar-refractivity contribution in [2.75, 3.05) is 6.61 Å². The predicted octanol–water partition coefficient (Wildman–Crippen LogP) is 3.72. The lowest BCUT2D eigenvalue weighted by molar-refractivity contribution is -0.139. The summed E-state index contributed by atoms with van der Waals surface area (Å²) in [6.07, 6.45) is -3.83. The number of nitrogens with zero attached hydrogens (tertiary/aromatic N) is 2. The van der Waals surface area contributed by atoms with E-state index in [9.17, 15) is 13.2 Å². The SMILES string of the molecule is CCCc1nc(Cl)c(C)c(OCCC(F)(F)F)n1. The highest BCUT2D eigenvalue weighted by atomic mass is 35.5. The van der Waals surface area contributed by atoms with Crippen molar-refractivity contribution in [2.45, 2.75) is 39.3 Å². The lowest BCUT2D eigenvalue weighted by Crippen LogP contribution is -2.14. The molecule has 7 heteroatoms. The molecule has 102 valence electrons. The summed E-state index contributed by atoms with van der Waals surface area (Å²) in [7, 11) is 0. The molecule has 1 rings (SSSR count). The van der Waals surface area contributed by atoms with Crippen molar-refractivity contribution in [3.8, 4) is 5.88 Å². The summed E-state index contributed by atoms with van der Waals surface area (Å²) in [5, 5.41) is 0.218. The molecule has 1 heterocycles. The van der Waals surface area contributed by atoms with Crippen LogP contribution in [0.25, 0.3) is 0 Å². The van der Waals surface area contributed by atoms with E-state index in [-0.39, 0.29) is 11.0 Å². The van der Waals surface area contributed by atoms with Crippen LogP contribution >= 0.6 is 11.6 Å². The standard InChI is InChI=1S/C11H14ClF3N2O/c1-3-4-8-16-9(12)7(2)10(17-8)18-6-5-11(13,14)15/h3-6H2,1-2H3. The predicted molar refractivity (Wildman–Crippen MR) is 61.9 cm³/mol. The van der Waals surface area contributed by atoms with Crippen LogP contribution in [0.2, 0.25) is 5.15 Å². The highest BCUT2D eigenvalue weighted by Crippen LogP contribution is 2.24. The van der Waals surface area contributed by atoms with Gasteiger partial charge in [-0.15, -0.1) is 0 Å². The molecule has 0 aliphatic heterocycles. The number of ether oxygens (including phenoxy) is 1. The van der Waals surface area contributed by atoms with E-state index in [1.807, 2.05) is 6.92 Å². The molecular weight excluding hydrogens is 269 g/mol. The maximum Gasteiger partial charge on any atom is 0.392 e. The minimum Gasteiger partial charge on any atom is -0.477 e. The molecule has 1 aromatic heterocycles. The molecule has 0 radical (unpaired) electrons. The normalized spacial score (nSPS) is 11.7. The highest BCUT2D eigenvalue weighted by Gasteiger charge is 2.27. The van der Waals surface area contributed by atoms with Gasteiger partial charge in [0.2, 0.25) is 5.88 Å². The first kappa shape index (κ1) is 15.0. The summed E-state index contributed by atoms with van der Waals surface area (Å²) in [5.74, 6) is 0.609. The lowest BCUT2D eigenvalue weighted by atomic mass is 10.3. The third-order valence-electron chi connectivity index (χ3n) is 2.19. The summed E-state index contributed by atoms with van der Waals surface area (Å²) < 4.78 is 41.0. The third-order valence-corrected chi connectivity index (χ3v) is 2.55. The van der Waals surface area contributed by atoms with Crippen LogP contribution in [-0.2, 0) is 6.42 Å². The summed E-state index contributed by atoms with van der Waals surface area (Å²) in [5.41, 5.74) is 0.457. The van der Waals surface area contributed by atoms with E-state index < -0.39 is 19.2 Å². The maximum absolute atomic E-state index is 12.0. The zero-order valence-electron chi connectivity index (χ0n) is 10.1. The largest absolute Gasteiger partial charge is 0.477 e. The van der Waals surface area contributed by atoms with Gasteiger partial charge in [-0.1, -0.05) is 18.5 Å². The number of hydrogen-bond donors (Lipinski definition) is 0. The summed E-state index contributed by atoms with van der Waals surface area (Å²) in [6.45, 7) is 3.09. The lowest BCUT2D eigenvalue weighted by Gasteiger charge is -2.11. The summed E-state index contributed by atoms with van der Waals surface area (Å²) in [6, 6.07) is 0. The molecule has 0 aromatic carbocycles. The van der Waals surface area contributed by atoms with Crippen LogP contribution in [0, 0.1) is 6.92 Å². The van der Waals surface area contributed by atoms with Crippen molar-refractivity contribution in [1.29, 1.82) is 0 Å². The molecule has 0 amide bonds. The Kier molecular flexibility index (Phi) is 5.19. The fourth-order valence-electron chi connectivity index (χ4n) is 1.25. The van der Waals surface area contributed by atoms with E-state index in [1.54, 1.807) is 6.92 Å². The van der Waals surface area contributed by atoms with Crippen LogP contribution in [0.4, 0.5) is 13.2 Å². The Morgan fingerprint density at radius 3 is 2.50 bits per heavy atom. The van der Waals surface area contributed by atoms with E-state index in [0.717, 1.165) is 6.42 Å². The Labute approximate surface area is 108 Å². The van der Waals surface area contributed by atoms with Crippen molar-refractivity contribution >= 4 is 11.6 Å². The van der Waals surface area contributed by atoms with E-state index in [1.165, 1.54) is 0 Å². The van der Waals surface area contributed by atoms with Crippen molar-refractivity contribution in [3.05, 3.63) is 16.5 Å². The van der Waals surface area contributed by atoms with Gasteiger partial charge in [0, 0.05) is 12.0 Å². The second-order valence-electron chi connectivity index (χ2n) is 3.82. The van der Waals surface area contributed by atoms with E-state index >= 15 is 0 Å². The highest BCUT2D eigenvalue weighted by molar-refractivity contribution is 6.30. The van der Waals surface area contributed by atoms with Crippen molar-refractivity contribution in [3.63, 3.8) is 0 Å². The van der Waals surface area contributed by atoms with Gasteiger partial charge in [0.25, 0.3) is 0 Å².